The standard InChI is InChI=1S/C11H13NO7S/c1-19-11(16)7-2-4-8(5-3-7)20(17,18)12-9(6-13)10(14)15/h2-5,9,12-13H,6H2,1H3,(H,14,15)/t9-/m0/s1. The average Bonchev–Trinajstić information content (AvgIpc) is 2.43. The number of carboxylic acid groups (broad SMARTS) is 1. The van der Waals surface area contributed by atoms with Crippen LogP contribution in [0.15, 0.2) is 29.2 Å². The molecule has 0 unspecified atom stereocenters. The molecule has 0 radical (unpaired) electrons. The Hall–Kier alpha value is -1.97. The number of carboxylic acids is 1. The zero-order valence-electron chi connectivity index (χ0n) is 10.4. The number of nitrogens with one attached hydrogen (secondary N) is 1. The highest BCUT2D eigenvalue weighted by molar-refractivity contribution is 7.89. The summed E-state index contributed by atoms with van der Waals surface area (Å²) in [6.45, 7) is -0.880. The molecule has 110 valence electrons. The van der Waals surface area contributed by atoms with Gasteiger partial charge in [-0.25, -0.2) is 13.2 Å². The summed E-state index contributed by atoms with van der Waals surface area (Å²) in [5.74, 6) is -2.12. The molecular weight excluding hydrogens is 290 g/mol. The first-order valence-electron chi connectivity index (χ1n) is 5.36. The number of sulfonamides is 1. The molecule has 3 N–H and O–H groups in total. The van der Waals surface area contributed by atoms with Crippen LogP contribution in [0.4, 0.5) is 0 Å². The van der Waals surface area contributed by atoms with Gasteiger partial charge in [-0.05, 0) is 24.3 Å². The predicted molar refractivity (Wildman–Crippen MR) is 66.6 cm³/mol. The first-order chi connectivity index (χ1) is 9.31. The Morgan fingerprint density at radius 3 is 2.25 bits per heavy atom. The molecule has 0 aliphatic carbocycles. The van der Waals surface area contributed by atoms with E-state index in [1.807, 2.05) is 4.72 Å². The van der Waals surface area contributed by atoms with E-state index in [2.05, 4.69) is 4.74 Å². The van der Waals surface area contributed by atoms with E-state index in [1.165, 1.54) is 19.2 Å². The first kappa shape index (κ1) is 16.1. The number of hydrogen-bond acceptors (Lipinski definition) is 6. The van der Waals surface area contributed by atoms with Crippen molar-refractivity contribution in [2.24, 2.45) is 0 Å². The zero-order chi connectivity index (χ0) is 15.3. The van der Waals surface area contributed by atoms with Crippen molar-refractivity contribution in [1.82, 2.24) is 4.72 Å². The molecule has 0 fully saturated rings. The molecule has 0 aliphatic heterocycles. The van der Waals surface area contributed by atoms with Crippen LogP contribution in [0.2, 0.25) is 0 Å². The number of hydrogen-bond donors (Lipinski definition) is 3. The normalized spacial score (nSPS) is 12.7. The fraction of sp³-hybridized carbons (Fsp3) is 0.273. The van der Waals surface area contributed by atoms with Gasteiger partial charge < -0.3 is 14.9 Å². The second kappa shape index (κ2) is 6.46. The largest absolute Gasteiger partial charge is 0.480 e. The van der Waals surface area contributed by atoms with E-state index in [-0.39, 0.29) is 10.5 Å². The molecule has 0 saturated heterocycles. The number of carbonyl (C=O) groups is 2. The van der Waals surface area contributed by atoms with Crippen molar-refractivity contribution >= 4 is 22.0 Å². The van der Waals surface area contributed by atoms with Gasteiger partial charge in [0.1, 0.15) is 6.04 Å². The van der Waals surface area contributed by atoms with Crippen LogP contribution in [-0.2, 0) is 19.6 Å². The smallest absolute Gasteiger partial charge is 0.337 e. The number of rotatable bonds is 6. The van der Waals surface area contributed by atoms with Crippen molar-refractivity contribution in [2.45, 2.75) is 10.9 Å². The van der Waals surface area contributed by atoms with Gasteiger partial charge >= 0.3 is 11.9 Å². The van der Waals surface area contributed by atoms with Gasteiger partial charge in [-0.2, -0.15) is 4.72 Å². The van der Waals surface area contributed by atoms with E-state index in [1.54, 1.807) is 0 Å². The van der Waals surface area contributed by atoms with E-state index < -0.39 is 34.6 Å². The third-order valence-corrected chi connectivity index (χ3v) is 3.85. The maximum Gasteiger partial charge on any atom is 0.337 e. The van der Waals surface area contributed by atoms with Gasteiger partial charge in [0, 0.05) is 0 Å². The summed E-state index contributed by atoms with van der Waals surface area (Å²) in [7, 11) is -2.92. The Labute approximate surface area is 115 Å². The van der Waals surface area contributed by atoms with E-state index in [0.717, 1.165) is 12.1 Å². The topological polar surface area (TPSA) is 130 Å². The Balaban J connectivity index is 2.98. The van der Waals surface area contributed by atoms with E-state index in [0.29, 0.717) is 0 Å². The molecule has 0 bridgehead atoms. The van der Waals surface area contributed by atoms with Crippen LogP contribution in [-0.4, -0.2) is 50.3 Å². The summed E-state index contributed by atoms with van der Waals surface area (Å²) in [5, 5.41) is 17.5. The van der Waals surface area contributed by atoms with Crippen LogP contribution < -0.4 is 4.72 Å². The monoisotopic (exact) mass is 303 g/mol. The summed E-state index contributed by atoms with van der Waals surface area (Å²) in [5.41, 5.74) is 0.156. The van der Waals surface area contributed by atoms with Crippen LogP contribution in [0.1, 0.15) is 10.4 Å². The van der Waals surface area contributed by atoms with Gasteiger partial charge in [0.2, 0.25) is 10.0 Å². The molecule has 0 heterocycles. The molecule has 9 heteroatoms. The minimum atomic E-state index is -4.11. The molecule has 1 rings (SSSR count). The fourth-order valence-corrected chi connectivity index (χ4v) is 2.49. The maximum atomic E-state index is 11.9. The van der Waals surface area contributed by atoms with E-state index >= 15 is 0 Å². The van der Waals surface area contributed by atoms with Crippen LogP contribution in [0, 0.1) is 0 Å². The number of methoxy groups -OCH3 is 1. The highest BCUT2D eigenvalue weighted by Crippen LogP contribution is 2.11. The van der Waals surface area contributed by atoms with Gasteiger partial charge in [0.15, 0.2) is 0 Å². The van der Waals surface area contributed by atoms with Crippen LogP contribution in [0.5, 0.6) is 0 Å². The number of benzene rings is 1. The molecule has 0 aliphatic rings. The van der Waals surface area contributed by atoms with Crippen molar-refractivity contribution in [1.29, 1.82) is 0 Å². The molecule has 0 amide bonds. The summed E-state index contributed by atoms with van der Waals surface area (Å²) in [6.07, 6.45) is 0. The lowest BCUT2D eigenvalue weighted by atomic mass is 10.2. The highest BCUT2D eigenvalue weighted by Gasteiger charge is 2.24. The number of aliphatic hydroxyl groups is 1. The number of carbonyl (C=O) groups excluding carboxylic acids is 1. The quantitative estimate of drug-likeness (QED) is 0.586. The lowest BCUT2D eigenvalue weighted by Crippen LogP contribution is -2.43. The average molecular weight is 303 g/mol. The molecule has 1 atom stereocenters. The summed E-state index contributed by atoms with van der Waals surface area (Å²) in [6, 6.07) is 3.08. The van der Waals surface area contributed by atoms with Crippen molar-refractivity contribution in [3.63, 3.8) is 0 Å². The van der Waals surface area contributed by atoms with Crippen LogP contribution >= 0.6 is 0 Å². The van der Waals surface area contributed by atoms with Crippen LogP contribution in [0.3, 0.4) is 0 Å². The summed E-state index contributed by atoms with van der Waals surface area (Å²) >= 11 is 0. The minimum Gasteiger partial charge on any atom is -0.480 e. The lowest BCUT2D eigenvalue weighted by Gasteiger charge is -2.12. The lowest BCUT2D eigenvalue weighted by molar-refractivity contribution is -0.139. The van der Waals surface area contributed by atoms with Gasteiger partial charge in [-0.1, -0.05) is 0 Å². The minimum absolute atomic E-state index is 0.156. The molecule has 0 saturated carbocycles. The molecule has 20 heavy (non-hydrogen) atoms. The molecule has 8 nitrogen and oxygen atoms in total. The Bertz CT molecular complexity index is 594. The Morgan fingerprint density at radius 1 is 1.30 bits per heavy atom. The second-order valence-corrected chi connectivity index (χ2v) is 5.42. The van der Waals surface area contributed by atoms with Crippen molar-refractivity contribution in [2.75, 3.05) is 13.7 Å². The van der Waals surface area contributed by atoms with Crippen molar-refractivity contribution in [3.8, 4) is 0 Å². The highest BCUT2D eigenvalue weighted by atomic mass is 32.2. The summed E-state index contributed by atoms with van der Waals surface area (Å²) < 4.78 is 30.0. The Kier molecular flexibility index (Phi) is 5.19. The van der Waals surface area contributed by atoms with Gasteiger partial charge in [-0.3, -0.25) is 4.79 Å². The first-order valence-corrected chi connectivity index (χ1v) is 6.84. The van der Waals surface area contributed by atoms with E-state index in [4.69, 9.17) is 10.2 Å². The number of aliphatic carboxylic acids is 1. The third-order valence-electron chi connectivity index (χ3n) is 2.36. The van der Waals surface area contributed by atoms with Gasteiger partial charge in [0.05, 0.1) is 24.2 Å². The molecule has 1 aromatic carbocycles. The molecule has 0 aromatic heterocycles. The second-order valence-electron chi connectivity index (χ2n) is 3.71. The van der Waals surface area contributed by atoms with Crippen molar-refractivity contribution in [3.05, 3.63) is 29.8 Å². The van der Waals surface area contributed by atoms with E-state index in [9.17, 15) is 18.0 Å². The zero-order valence-corrected chi connectivity index (χ0v) is 11.3. The predicted octanol–water partition coefficient (Wildman–Crippen LogP) is -0.803. The van der Waals surface area contributed by atoms with Crippen LogP contribution in [0.25, 0.3) is 0 Å². The fourth-order valence-electron chi connectivity index (χ4n) is 1.31. The number of ether oxygens (including phenoxy) is 1. The van der Waals surface area contributed by atoms with Crippen molar-refractivity contribution < 1.29 is 33.0 Å². The number of aliphatic hydroxyl groups excluding tert-OH is 1. The Morgan fingerprint density at radius 2 is 1.85 bits per heavy atom. The molecule has 0 spiro atoms. The molecule has 1 aromatic rings. The van der Waals surface area contributed by atoms with Gasteiger partial charge in [-0.15, -0.1) is 0 Å². The van der Waals surface area contributed by atoms with Gasteiger partial charge in [0.25, 0.3) is 0 Å². The third kappa shape index (κ3) is 3.76. The molecular formula is C11H13NO7S. The SMILES string of the molecule is COC(=O)c1ccc(S(=O)(=O)N[C@@H](CO)C(=O)O)cc1. The summed E-state index contributed by atoms with van der Waals surface area (Å²) in [4.78, 5) is 21.6. The maximum absolute atomic E-state index is 11.9. The number of esters is 1.